The second-order valence-corrected chi connectivity index (χ2v) is 4.84. The maximum Gasteiger partial charge on any atom is 0.161 e. The number of hydrogen-bond donors (Lipinski definition) is 1. The van der Waals surface area contributed by atoms with Crippen LogP contribution in [0.25, 0.3) is 0 Å². The monoisotopic (exact) mass is 311 g/mol. The maximum atomic E-state index is 9.05. The van der Waals surface area contributed by atoms with Gasteiger partial charge in [0.25, 0.3) is 0 Å². The van der Waals surface area contributed by atoms with Gasteiger partial charge < -0.3 is 14.8 Å². The van der Waals surface area contributed by atoms with Gasteiger partial charge in [-0.3, -0.25) is 0 Å². The molecule has 1 N–H and O–H groups in total. The summed E-state index contributed by atoms with van der Waals surface area (Å²) in [5.74, 6) is 2.15. The maximum absolute atomic E-state index is 9.05. The minimum atomic E-state index is 0.550. The van der Waals surface area contributed by atoms with Crippen molar-refractivity contribution < 1.29 is 9.47 Å². The quantitative estimate of drug-likeness (QED) is 0.809. The van der Waals surface area contributed by atoms with Crippen molar-refractivity contribution in [2.75, 3.05) is 25.1 Å². The summed E-state index contributed by atoms with van der Waals surface area (Å²) in [6, 6.07) is 11.6. The van der Waals surface area contributed by atoms with Crippen LogP contribution in [0.5, 0.6) is 11.5 Å². The third kappa shape index (κ3) is 4.62. The second kappa shape index (κ2) is 8.64. The van der Waals surface area contributed by atoms with Crippen molar-refractivity contribution in [1.29, 1.82) is 5.26 Å². The van der Waals surface area contributed by atoms with Gasteiger partial charge in [-0.25, -0.2) is 4.98 Å². The molecule has 0 radical (unpaired) electrons. The molecule has 0 spiro atoms. The van der Waals surface area contributed by atoms with Crippen LogP contribution in [-0.4, -0.2) is 24.7 Å². The predicted octanol–water partition coefficient (Wildman–Crippen LogP) is 3.41. The van der Waals surface area contributed by atoms with Gasteiger partial charge in [0.2, 0.25) is 0 Å². The van der Waals surface area contributed by atoms with Crippen LogP contribution in [0.1, 0.15) is 25.0 Å². The zero-order valence-electron chi connectivity index (χ0n) is 13.5. The fraction of sp³-hybridized carbons (Fsp3) is 0.333. The average molecular weight is 311 g/mol. The lowest BCUT2D eigenvalue weighted by Gasteiger charge is -2.13. The van der Waals surface area contributed by atoms with Crippen LogP contribution in [0.15, 0.2) is 36.5 Å². The Morgan fingerprint density at radius 3 is 2.65 bits per heavy atom. The van der Waals surface area contributed by atoms with E-state index in [1.807, 2.05) is 32.0 Å². The van der Waals surface area contributed by atoms with Crippen molar-refractivity contribution in [3.8, 4) is 17.6 Å². The standard InChI is InChI=1S/C18H21N3O2/c1-3-22-16-8-7-14(12-17(16)23-4-2)9-11-21-18-15(13-19)6-5-10-20-18/h5-8,10,12H,3-4,9,11H2,1-2H3,(H,20,21). The average Bonchev–Trinajstić information content (AvgIpc) is 2.58. The van der Waals surface area contributed by atoms with E-state index in [9.17, 15) is 0 Å². The first-order valence-corrected chi connectivity index (χ1v) is 7.76. The van der Waals surface area contributed by atoms with Gasteiger partial charge in [0.1, 0.15) is 11.9 Å². The Hall–Kier alpha value is -2.74. The number of nitrogens with zero attached hydrogens (tertiary/aromatic N) is 2. The summed E-state index contributed by atoms with van der Waals surface area (Å²) in [6.45, 7) is 5.80. The van der Waals surface area contributed by atoms with Crippen LogP contribution in [0, 0.1) is 11.3 Å². The van der Waals surface area contributed by atoms with Gasteiger partial charge in [0.15, 0.2) is 11.5 Å². The van der Waals surface area contributed by atoms with Crippen molar-refractivity contribution in [3.05, 3.63) is 47.7 Å². The Bertz CT molecular complexity index is 680. The van der Waals surface area contributed by atoms with Crippen molar-refractivity contribution in [1.82, 2.24) is 4.98 Å². The highest BCUT2D eigenvalue weighted by molar-refractivity contribution is 5.51. The molecule has 5 heteroatoms. The van der Waals surface area contributed by atoms with Gasteiger partial charge in [0, 0.05) is 12.7 Å². The molecule has 1 aromatic carbocycles. The zero-order valence-corrected chi connectivity index (χ0v) is 13.5. The number of ether oxygens (including phenoxy) is 2. The van der Waals surface area contributed by atoms with Crippen LogP contribution in [-0.2, 0) is 6.42 Å². The van der Waals surface area contributed by atoms with Crippen LogP contribution in [0.3, 0.4) is 0 Å². The number of hydrogen-bond acceptors (Lipinski definition) is 5. The van der Waals surface area contributed by atoms with Gasteiger partial charge in [-0.05, 0) is 50.1 Å². The Morgan fingerprint density at radius 2 is 1.91 bits per heavy atom. The van der Waals surface area contributed by atoms with Crippen LogP contribution in [0.2, 0.25) is 0 Å². The lowest BCUT2D eigenvalue weighted by atomic mass is 10.1. The molecule has 0 aliphatic carbocycles. The summed E-state index contributed by atoms with van der Waals surface area (Å²) in [7, 11) is 0. The van der Waals surface area contributed by atoms with Crippen LogP contribution >= 0.6 is 0 Å². The number of rotatable bonds is 8. The zero-order chi connectivity index (χ0) is 16.5. The fourth-order valence-electron chi connectivity index (χ4n) is 2.21. The smallest absolute Gasteiger partial charge is 0.161 e. The van der Waals surface area contributed by atoms with E-state index >= 15 is 0 Å². The predicted molar refractivity (Wildman–Crippen MR) is 89.9 cm³/mol. The van der Waals surface area contributed by atoms with Gasteiger partial charge in [0.05, 0.1) is 18.8 Å². The van der Waals surface area contributed by atoms with Gasteiger partial charge in [-0.2, -0.15) is 5.26 Å². The molecular weight excluding hydrogens is 290 g/mol. The molecule has 1 heterocycles. The summed E-state index contributed by atoms with van der Waals surface area (Å²) >= 11 is 0. The SMILES string of the molecule is CCOc1ccc(CCNc2ncccc2C#N)cc1OCC. The molecule has 0 bridgehead atoms. The largest absolute Gasteiger partial charge is 0.490 e. The Balaban J connectivity index is 2.00. The minimum absolute atomic E-state index is 0.550. The first-order chi connectivity index (χ1) is 11.3. The van der Waals surface area contributed by atoms with Crippen molar-refractivity contribution in [2.45, 2.75) is 20.3 Å². The van der Waals surface area contributed by atoms with E-state index in [-0.39, 0.29) is 0 Å². The molecular formula is C18H21N3O2. The van der Waals surface area contributed by atoms with E-state index in [0.717, 1.165) is 23.5 Å². The molecule has 0 atom stereocenters. The molecule has 2 rings (SSSR count). The van der Waals surface area contributed by atoms with Crippen molar-refractivity contribution in [3.63, 3.8) is 0 Å². The van der Waals surface area contributed by atoms with Gasteiger partial charge in [-0.1, -0.05) is 6.07 Å². The summed E-state index contributed by atoms with van der Waals surface area (Å²) in [5.41, 5.74) is 1.69. The molecule has 0 aliphatic rings. The van der Waals surface area contributed by atoms with Crippen LogP contribution < -0.4 is 14.8 Å². The molecule has 0 amide bonds. The molecule has 5 nitrogen and oxygen atoms in total. The lowest BCUT2D eigenvalue weighted by molar-refractivity contribution is 0.287. The van der Waals surface area contributed by atoms with Crippen LogP contribution in [0.4, 0.5) is 5.82 Å². The van der Waals surface area contributed by atoms with Crippen molar-refractivity contribution >= 4 is 5.82 Å². The second-order valence-electron chi connectivity index (χ2n) is 4.84. The van der Waals surface area contributed by atoms with E-state index < -0.39 is 0 Å². The summed E-state index contributed by atoms with van der Waals surface area (Å²) in [6.07, 6.45) is 2.47. The number of benzene rings is 1. The third-order valence-corrected chi connectivity index (χ3v) is 3.24. The van der Waals surface area contributed by atoms with Crippen molar-refractivity contribution in [2.24, 2.45) is 0 Å². The topological polar surface area (TPSA) is 67.2 Å². The molecule has 23 heavy (non-hydrogen) atoms. The molecule has 0 saturated carbocycles. The first kappa shape index (κ1) is 16.6. The van der Waals surface area contributed by atoms with E-state index in [1.165, 1.54) is 0 Å². The molecule has 1 aromatic heterocycles. The first-order valence-electron chi connectivity index (χ1n) is 7.76. The van der Waals surface area contributed by atoms with Gasteiger partial charge >= 0.3 is 0 Å². The minimum Gasteiger partial charge on any atom is -0.490 e. The highest BCUT2D eigenvalue weighted by Crippen LogP contribution is 2.28. The highest BCUT2D eigenvalue weighted by atomic mass is 16.5. The Morgan fingerprint density at radius 1 is 1.13 bits per heavy atom. The molecule has 0 saturated heterocycles. The number of anilines is 1. The van der Waals surface area contributed by atoms with E-state index in [0.29, 0.717) is 31.1 Å². The number of nitrogens with one attached hydrogen (secondary N) is 1. The molecule has 0 unspecified atom stereocenters. The Kier molecular flexibility index (Phi) is 6.25. The van der Waals surface area contributed by atoms with Gasteiger partial charge in [-0.15, -0.1) is 0 Å². The van der Waals surface area contributed by atoms with E-state index in [2.05, 4.69) is 16.4 Å². The summed E-state index contributed by atoms with van der Waals surface area (Å²) in [5, 5.41) is 12.2. The Labute approximate surface area is 136 Å². The summed E-state index contributed by atoms with van der Waals surface area (Å²) < 4.78 is 11.2. The number of aromatic nitrogens is 1. The molecule has 120 valence electrons. The molecule has 0 aliphatic heterocycles. The highest BCUT2D eigenvalue weighted by Gasteiger charge is 2.07. The number of nitriles is 1. The molecule has 0 fully saturated rings. The van der Waals surface area contributed by atoms with E-state index in [4.69, 9.17) is 14.7 Å². The third-order valence-electron chi connectivity index (χ3n) is 3.24. The number of pyridine rings is 1. The molecule has 2 aromatic rings. The fourth-order valence-corrected chi connectivity index (χ4v) is 2.21. The lowest BCUT2D eigenvalue weighted by Crippen LogP contribution is -2.08. The van der Waals surface area contributed by atoms with E-state index in [1.54, 1.807) is 18.3 Å². The summed E-state index contributed by atoms with van der Waals surface area (Å²) in [4.78, 5) is 4.19. The normalized spacial score (nSPS) is 9.96.